The van der Waals surface area contributed by atoms with Crippen molar-refractivity contribution in [1.82, 2.24) is 0 Å². The van der Waals surface area contributed by atoms with Crippen LogP contribution in [0.2, 0.25) is 0 Å². The molecule has 0 radical (unpaired) electrons. The molecule has 0 aromatic heterocycles. The smallest absolute Gasteiger partial charge is 0.0499 e. The average Bonchev–Trinajstić information content (AvgIpc) is 2.41. The average molecular weight is 236 g/mol. The van der Waals surface area contributed by atoms with Gasteiger partial charge in [0.2, 0.25) is 0 Å². The highest BCUT2D eigenvalue weighted by Crippen LogP contribution is 2.63. The quantitative estimate of drug-likeness (QED) is 0.739. The first-order valence-electron chi connectivity index (χ1n) is 6.53. The molecule has 2 N–H and O–H groups in total. The summed E-state index contributed by atoms with van der Waals surface area (Å²) in [7, 11) is 0. The maximum absolute atomic E-state index is 9.72. The van der Waals surface area contributed by atoms with Crippen molar-refractivity contribution < 1.29 is 10.2 Å². The third-order valence-corrected chi connectivity index (χ3v) is 5.39. The van der Waals surface area contributed by atoms with Gasteiger partial charge in [-0.05, 0) is 42.9 Å². The van der Waals surface area contributed by atoms with Gasteiger partial charge in [0.15, 0.2) is 0 Å². The molecular formula is C15H24O2. The lowest BCUT2D eigenvalue weighted by Gasteiger charge is -2.42. The Morgan fingerprint density at radius 3 is 2.53 bits per heavy atom. The fourth-order valence-electron chi connectivity index (χ4n) is 4.28. The summed E-state index contributed by atoms with van der Waals surface area (Å²) < 4.78 is 0. The standard InChI is InChI=1S/C15H24O2/c1-9(2)11-5-6-15(4)10(3)12(7-16)14(11)13(15)8-17/h11-14,16-17H,1,3,5-8H2,2,4H3. The van der Waals surface area contributed by atoms with E-state index in [0.29, 0.717) is 11.8 Å². The number of allylic oxidation sites excluding steroid dienone is 1. The summed E-state index contributed by atoms with van der Waals surface area (Å²) in [5, 5.41) is 19.4. The molecule has 0 amide bonds. The van der Waals surface area contributed by atoms with Crippen LogP contribution in [0, 0.1) is 29.1 Å². The van der Waals surface area contributed by atoms with Crippen LogP contribution in [0.1, 0.15) is 26.7 Å². The van der Waals surface area contributed by atoms with E-state index in [1.165, 1.54) is 5.57 Å². The van der Waals surface area contributed by atoms with Gasteiger partial charge in [0, 0.05) is 19.1 Å². The minimum Gasteiger partial charge on any atom is -0.396 e. The summed E-state index contributed by atoms with van der Waals surface area (Å²) in [6.07, 6.45) is 2.17. The van der Waals surface area contributed by atoms with Crippen molar-refractivity contribution in [2.24, 2.45) is 29.1 Å². The first kappa shape index (κ1) is 12.8. The van der Waals surface area contributed by atoms with Crippen LogP contribution in [0.15, 0.2) is 24.3 Å². The Balaban J connectivity index is 2.43. The summed E-state index contributed by atoms with van der Waals surface area (Å²) in [6.45, 7) is 12.9. The molecule has 2 fully saturated rings. The lowest BCUT2D eigenvalue weighted by Crippen LogP contribution is -2.38. The number of hydrogen-bond donors (Lipinski definition) is 2. The summed E-state index contributed by atoms with van der Waals surface area (Å²) >= 11 is 0. The van der Waals surface area contributed by atoms with Gasteiger partial charge < -0.3 is 10.2 Å². The van der Waals surface area contributed by atoms with E-state index in [0.717, 1.165) is 18.4 Å². The first-order valence-corrected chi connectivity index (χ1v) is 6.53. The molecule has 0 aliphatic heterocycles. The fraction of sp³-hybridized carbons (Fsp3) is 0.733. The third kappa shape index (κ3) is 1.61. The maximum atomic E-state index is 9.72. The Morgan fingerprint density at radius 2 is 2.06 bits per heavy atom. The molecule has 2 heteroatoms. The maximum Gasteiger partial charge on any atom is 0.0499 e. The Morgan fingerprint density at radius 1 is 1.41 bits per heavy atom. The van der Waals surface area contributed by atoms with Crippen LogP contribution in [0.3, 0.4) is 0 Å². The van der Waals surface area contributed by atoms with Gasteiger partial charge in [0.05, 0.1) is 0 Å². The lowest BCUT2D eigenvalue weighted by molar-refractivity contribution is 0.0369. The summed E-state index contributed by atoms with van der Waals surface area (Å²) in [5.41, 5.74) is 2.34. The number of rotatable bonds is 3. The molecule has 17 heavy (non-hydrogen) atoms. The SMILES string of the molecule is C=C(C)C1CCC2(C)C(=C)C(CO)C1C2CO. The normalized spacial score (nSPS) is 45.1. The van der Waals surface area contributed by atoms with Gasteiger partial charge in [-0.1, -0.05) is 31.2 Å². The second-order valence-electron chi connectivity index (χ2n) is 6.09. The molecule has 0 aromatic carbocycles. The van der Waals surface area contributed by atoms with Crippen molar-refractivity contribution in [3.8, 4) is 0 Å². The molecule has 0 heterocycles. The van der Waals surface area contributed by atoms with Gasteiger partial charge in [-0.3, -0.25) is 0 Å². The van der Waals surface area contributed by atoms with Crippen molar-refractivity contribution in [3.05, 3.63) is 24.3 Å². The monoisotopic (exact) mass is 236 g/mol. The Hall–Kier alpha value is -0.600. The zero-order chi connectivity index (χ0) is 12.8. The molecule has 0 aromatic rings. The van der Waals surface area contributed by atoms with Crippen LogP contribution in [-0.2, 0) is 0 Å². The van der Waals surface area contributed by atoms with Gasteiger partial charge >= 0.3 is 0 Å². The van der Waals surface area contributed by atoms with Crippen LogP contribution in [0.25, 0.3) is 0 Å². The van der Waals surface area contributed by atoms with Crippen LogP contribution >= 0.6 is 0 Å². The predicted molar refractivity (Wildman–Crippen MR) is 69.4 cm³/mol. The minimum atomic E-state index is 0.0127. The van der Waals surface area contributed by atoms with E-state index >= 15 is 0 Å². The van der Waals surface area contributed by atoms with Crippen LogP contribution < -0.4 is 0 Å². The topological polar surface area (TPSA) is 40.5 Å². The van der Waals surface area contributed by atoms with Crippen LogP contribution in [-0.4, -0.2) is 23.4 Å². The Labute approximate surface area is 104 Å². The third-order valence-electron chi connectivity index (χ3n) is 5.39. The van der Waals surface area contributed by atoms with Crippen molar-refractivity contribution in [3.63, 3.8) is 0 Å². The molecule has 2 bridgehead atoms. The molecule has 2 aliphatic carbocycles. The molecule has 2 nitrogen and oxygen atoms in total. The lowest BCUT2D eigenvalue weighted by atomic mass is 9.62. The van der Waals surface area contributed by atoms with Crippen LogP contribution in [0.5, 0.6) is 0 Å². The van der Waals surface area contributed by atoms with E-state index in [4.69, 9.17) is 0 Å². The van der Waals surface area contributed by atoms with Gasteiger partial charge in [-0.2, -0.15) is 0 Å². The van der Waals surface area contributed by atoms with Gasteiger partial charge in [-0.15, -0.1) is 0 Å². The van der Waals surface area contributed by atoms with E-state index in [1.54, 1.807) is 0 Å². The number of aliphatic hydroxyl groups excluding tert-OH is 2. The molecule has 5 unspecified atom stereocenters. The molecule has 0 saturated heterocycles. The Bertz CT molecular complexity index is 347. The van der Waals surface area contributed by atoms with E-state index < -0.39 is 0 Å². The fourth-order valence-corrected chi connectivity index (χ4v) is 4.28. The molecule has 2 aliphatic rings. The second-order valence-corrected chi connectivity index (χ2v) is 6.09. The predicted octanol–water partition coefficient (Wildman–Crippen LogP) is 2.38. The minimum absolute atomic E-state index is 0.0127. The number of hydrogen-bond acceptors (Lipinski definition) is 2. The summed E-state index contributed by atoms with van der Waals surface area (Å²) in [5.74, 6) is 1.13. The first-order chi connectivity index (χ1) is 7.97. The molecule has 0 spiro atoms. The number of fused-ring (bicyclic) bond motifs is 2. The van der Waals surface area contributed by atoms with E-state index in [9.17, 15) is 10.2 Å². The zero-order valence-corrected chi connectivity index (χ0v) is 10.9. The van der Waals surface area contributed by atoms with E-state index in [2.05, 4.69) is 27.0 Å². The summed E-state index contributed by atoms with van der Waals surface area (Å²) in [6, 6.07) is 0. The largest absolute Gasteiger partial charge is 0.396 e. The van der Waals surface area contributed by atoms with Crippen molar-refractivity contribution >= 4 is 0 Å². The van der Waals surface area contributed by atoms with Crippen molar-refractivity contribution in [2.45, 2.75) is 26.7 Å². The van der Waals surface area contributed by atoms with Gasteiger partial charge in [0.25, 0.3) is 0 Å². The molecule has 2 saturated carbocycles. The molecular weight excluding hydrogens is 212 g/mol. The van der Waals surface area contributed by atoms with Gasteiger partial charge in [0.1, 0.15) is 0 Å². The zero-order valence-electron chi connectivity index (χ0n) is 10.9. The summed E-state index contributed by atoms with van der Waals surface area (Å²) in [4.78, 5) is 0. The Kier molecular flexibility index (Phi) is 3.21. The van der Waals surface area contributed by atoms with E-state index in [-0.39, 0.29) is 30.5 Å². The molecule has 2 rings (SSSR count). The van der Waals surface area contributed by atoms with Crippen LogP contribution in [0.4, 0.5) is 0 Å². The highest BCUT2D eigenvalue weighted by molar-refractivity contribution is 5.28. The highest BCUT2D eigenvalue weighted by Gasteiger charge is 2.57. The molecule has 96 valence electrons. The van der Waals surface area contributed by atoms with Gasteiger partial charge in [-0.25, -0.2) is 0 Å². The van der Waals surface area contributed by atoms with Crippen molar-refractivity contribution in [2.75, 3.05) is 13.2 Å². The van der Waals surface area contributed by atoms with Crippen molar-refractivity contribution in [1.29, 1.82) is 0 Å². The molecule has 5 atom stereocenters. The second kappa shape index (κ2) is 4.25. The van der Waals surface area contributed by atoms with E-state index in [1.807, 2.05) is 0 Å². The highest BCUT2D eigenvalue weighted by atomic mass is 16.3. The number of aliphatic hydroxyl groups is 2.